The largest absolute Gasteiger partial charge is 0.346 e. The van der Waals surface area contributed by atoms with Crippen molar-refractivity contribution < 1.29 is 9.59 Å². The van der Waals surface area contributed by atoms with Gasteiger partial charge in [-0.1, -0.05) is 12.8 Å². The van der Waals surface area contributed by atoms with Crippen molar-refractivity contribution in [1.82, 2.24) is 10.2 Å². The number of amides is 2. The summed E-state index contributed by atoms with van der Waals surface area (Å²) in [6.07, 6.45) is 4.42. The van der Waals surface area contributed by atoms with Gasteiger partial charge in [-0.05, 0) is 12.8 Å². The lowest BCUT2D eigenvalue weighted by atomic mass is 10.1. The van der Waals surface area contributed by atoms with E-state index in [2.05, 4.69) is 5.32 Å². The fraction of sp³-hybridized carbons (Fsp3) is 0.778. The topological polar surface area (TPSA) is 49.4 Å². The molecule has 2 saturated heterocycles. The van der Waals surface area contributed by atoms with E-state index in [1.54, 1.807) is 4.90 Å². The predicted molar refractivity (Wildman–Crippen MR) is 47.0 cm³/mol. The zero-order valence-corrected chi connectivity index (χ0v) is 7.58. The molecule has 0 spiro atoms. The number of nitrogens with zero attached hydrogens (tertiary/aromatic N) is 1. The van der Waals surface area contributed by atoms with Crippen LogP contribution in [0.2, 0.25) is 0 Å². The van der Waals surface area contributed by atoms with Crippen molar-refractivity contribution >= 4 is 11.8 Å². The molecule has 0 aromatic carbocycles. The first-order valence-corrected chi connectivity index (χ1v) is 4.88. The van der Waals surface area contributed by atoms with Crippen LogP contribution in [-0.4, -0.2) is 35.8 Å². The Morgan fingerprint density at radius 2 is 2.08 bits per heavy atom. The molecule has 72 valence electrons. The minimum Gasteiger partial charge on any atom is -0.346 e. The maximum absolute atomic E-state index is 11.4. The number of carbonyl (C=O) groups is 2. The summed E-state index contributed by atoms with van der Waals surface area (Å²) in [6.45, 7) is 1.40. The Morgan fingerprint density at radius 1 is 1.23 bits per heavy atom. The molecular formula is C9H14N2O2. The van der Waals surface area contributed by atoms with Gasteiger partial charge in [0.05, 0.1) is 0 Å². The van der Waals surface area contributed by atoms with Gasteiger partial charge in [0.15, 0.2) is 0 Å². The van der Waals surface area contributed by atoms with Crippen LogP contribution in [0.25, 0.3) is 0 Å². The van der Waals surface area contributed by atoms with E-state index in [1.807, 2.05) is 0 Å². The number of rotatable bonds is 0. The third kappa shape index (κ3) is 1.53. The van der Waals surface area contributed by atoms with Gasteiger partial charge in [-0.3, -0.25) is 9.59 Å². The molecule has 0 aliphatic carbocycles. The summed E-state index contributed by atoms with van der Waals surface area (Å²) in [7, 11) is 0. The Labute approximate surface area is 77.3 Å². The normalized spacial score (nSPS) is 29.2. The number of fused-ring (bicyclic) bond motifs is 1. The second-order valence-corrected chi connectivity index (χ2v) is 3.71. The van der Waals surface area contributed by atoms with Crippen LogP contribution in [-0.2, 0) is 9.59 Å². The van der Waals surface area contributed by atoms with E-state index in [0.29, 0.717) is 6.54 Å². The summed E-state index contributed by atoms with van der Waals surface area (Å²) < 4.78 is 0. The lowest BCUT2D eigenvalue weighted by Crippen LogP contribution is -2.57. The Kier molecular flexibility index (Phi) is 2.20. The van der Waals surface area contributed by atoms with Gasteiger partial charge in [0.2, 0.25) is 0 Å². The van der Waals surface area contributed by atoms with Crippen molar-refractivity contribution in [3.63, 3.8) is 0 Å². The fourth-order valence-corrected chi connectivity index (χ4v) is 2.07. The average molecular weight is 182 g/mol. The molecule has 4 heteroatoms. The molecule has 2 heterocycles. The maximum Gasteiger partial charge on any atom is 0.312 e. The summed E-state index contributed by atoms with van der Waals surface area (Å²) in [5.74, 6) is -0.767. The van der Waals surface area contributed by atoms with Crippen molar-refractivity contribution in [2.75, 3.05) is 13.1 Å². The molecule has 0 unspecified atom stereocenters. The second kappa shape index (κ2) is 3.36. The van der Waals surface area contributed by atoms with E-state index in [1.165, 1.54) is 12.8 Å². The zero-order chi connectivity index (χ0) is 9.26. The average Bonchev–Trinajstić information content (AvgIpc) is 2.36. The maximum atomic E-state index is 11.4. The van der Waals surface area contributed by atoms with Crippen molar-refractivity contribution in [2.24, 2.45) is 0 Å². The van der Waals surface area contributed by atoms with Crippen molar-refractivity contribution in [1.29, 1.82) is 0 Å². The van der Waals surface area contributed by atoms with E-state index in [-0.39, 0.29) is 11.9 Å². The number of hydrogen-bond donors (Lipinski definition) is 1. The highest BCUT2D eigenvalue weighted by molar-refractivity contribution is 6.35. The first kappa shape index (κ1) is 8.53. The van der Waals surface area contributed by atoms with Crippen LogP contribution in [0, 0.1) is 0 Å². The van der Waals surface area contributed by atoms with E-state index in [9.17, 15) is 9.59 Å². The molecule has 13 heavy (non-hydrogen) atoms. The van der Waals surface area contributed by atoms with Crippen LogP contribution in [0.5, 0.6) is 0 Å². The van der Waals surface area contributed by atoms with E-state index in [4.69, 9.17) is 0 Å². The standard InChI is InChI=1S/C9H14N2O2/c12-8-9(13)11-5-3-1-2-4-7(11)6-10-8/h7H,1-6H2,(H,10,12)/t7-/m1/s1. The first-order valence-electron chi connectivity index (χ1n) is 4.88. The van der Waals surface area contributed by atoms with E-state index >= 15 is 0 Å². The van der Waals surface area contributed by atoms with Gasteiger partial charge >= 0.3 is 11.8 Å². The summed E-state index contributed by atoms with van der Waals surface area (Å²) in [5, 5.41) is 2.63. The van der Waals surface area contributed by atoms with Gasteiger partial charge in [-0.15, -0.1) is 0 Å². The molecule has 2 amide bonds. The number of nitrogens with one attached hydrogen (secondary N) is 1. The summed E-state index contributed by atoms with van der Waals surface area (Å²) in [6, 6.07) is 0.257. The fourth-order valence-electron chi connectivity index (χ4n) is 2.07. The highest BCUT2D eigenvalue weighted by atomic mass is 16.2. The van der Waals surface area contributed by atoms with Gasteiger partial charge < -0.3 is 10.2 Å². The minimum absolute atomic E-state index is 0.257. The van der Waals surface area contributed by atoms with Gasteiger partial charge in [0.25, 0.3) is 0 Å². The highest BCUT2D eigenvalue weighted by Gasteiger charge is 2.33. The lowest BCUT2D eigenvalue weighted by molar-refractivity contribution is -0.150. The molecule has 0 aromatic heterocycles. The predicted octanol–water partition coefficient (Wildman–Crippen LogP) is -0.113. The summed E-state index contributed by atoms with van der Waals surface area (Å²) in [5.41, 5.74) is 0. The minimum atomic E-state index is -0.432. The zero-order valence-electron chi connectivity index (χ0n) is 7.58. The van der Waals surface area contributed by atoms with Crippen LogP contribution in [0.3, 0.4) is 0 Å². The van der Waals surface area contributed by atoms with E-state index in [0.717, 1.165) is 19.4 Å². The number of hydrogen-bond acceptors (Lipinski definition) is 2. The van der Waals surface area contributed by atoms with Crippen LogP contribution in [0.1, 0.15) is 25.7 Å². The molecule has 2 rings (SSSR count). The second-order valence-electron chi connectivity index (χ2n) is 3.71. The molecule has 2 fully saturated rings. The molecule has 1 atom stereocenters. The van der Waals surface area contributed by atoms with E-state index < -0.39 is 5.91 Å². The van der Waals surface area contributed by atoms with Gasteiger partial charge in [0.1, 0.15) is 0 Å². The first-order chi connectivity index (χ1) is 6.29. The molecule has 0 bridgehead atoms. The highest BCUT2D eigenvalue weighted by Crippen LogP contribution is 2.18. The van der Waals surface area contributed by atoms with Gasteiger partial charge in [-0.25, -0.2) is 0 Å². The lowest BCUT2D eigenvalue weighted by Gasteiger charge is -2.33. The Bertz CT molecular complexity index is 240. The number of piperazine rings is 1. The molecule has 2 aliphatic heterocycles. The van der Waals surface area contributed by atoms with Crippen LogP contribution in [0.15, 0.2) is 0 Å². The molecule has 0 saturated carbocycles. The Morgan fingerprint density at radius 3 is 2.92 bits per heavy atom. The molecule has 4 nitrogen and oxygen atoms in total. The SMILES string of the molecule is O=C1NC[C@H]2CCCCCN2C1=O. The molecule has 1 N–H and O–H groups in total. The molecule has 0 radical (unpaired) electrons. The third-order valence-corrected chi connectivity index (χ3v) is 2.83. The summed E-state index contributed by atoms with van der Waals surface area (Å²) in [4.78, 5) is 24.2. The Hall–Kier alpha value is -1.06. The monoisotopic (exact) mass is 182 g/mol. The summed E-state index contributed by atoms with van der Waals surface area (Å²) >= 11 is 0. The van der Waals surface area contributed by atoms with Crippen molar-refractivity contribution in [2.45, 2.75) is 31.7 Å². The molecule has 2 aliphatic rings. The smallest absolute Gasteiger partial charge is 0.312 e. The quantitative estimate of drug-likeness (QED) is 0.531. The van der Waals surface area contributed by atoms with Crippen molar-refractivity contribution in [3.05, 3.63) is 0 Å². The van der Waals surface area contributed by atoms with Gasteiger partial charge in [0, 0.05) is 19.1 Å². The van der Waals surface area contributed by atoms with Crippen LogP contribution in [0.4, 0.5) is 0 Å². The Balaban J connectivity index is 2.12. The van der Waals surface area contributed by atoms with Crippen molar-refractivity contribution in [3.8, 4) is 0 Å². The van der Waals surface area contributed by atoms with Gasteiger partial charge in [-0.2, -0.15) is 0 Å². The van der Waals surface area contributed by atoms with Crippen LogP contribution >= 0.6 is 0 Å². The third-order valence-electron chi connectivity index (χ3n) is 2.83. The van der Waals surface area contributed by atoms with Crippen LogP contribution < -0.4 is 5.32 Å². The molecule has 0 aromatic rings. The number of carbonyl (C=O) groups excluding carboxylic acids is 2. The molecular weight excluding hydrogens is 168 g/mol.